The van der Waals surface area contributed by atoms with Gasteiger partial charge in [-0.15, -0.1) is 5.06 Å². The van der Waals surface area contributed by atoms with Gasteiger partial charge in [-0.25, -0.2) is 4.79 Å². The van der Waals surface area contributed by atoms with E-state index in [4.69, 9.17) is 9.47 Å². The molecule has 0 aliphatic heterocycles. The molecule has 0 bridgehead atoms. The standard InChI is InChI=1S/C14H14F3NO6/c1-7(19)12-10(22-3)5-9(6-11(12)23-4)18(24-8(2)20)13(21)14(15,16)17/h5-6H,1-4H3. The first-order chi connectivity index (χ1) is 11.0. The molecule has 0 aliphatic carbocycles. The van der Waals surface area contributed by atoms with Gasteiger partial charge in [0.05, 0.1) is 19.9 Å². The molecule has 10 heteroatoms. The fourth-order valence-electron chi connectivity index (χ4n) is 1.82. The topological polar surface area (TPSA) is 82.1 Å². The van der Waals surface area contributed by atoms with Gasteiger partial charge in [-0.2, -0.15) is 13.2 Å². The predicted molar refractivity (Wildman–Crippen MR) is 74.9 cm³/mol. The summed E-state index contributed by atoms with van der Waals surface area (Å²) in [6.45, 7) is 2.03. The van der Waals surface area contributed by atoms with Crippen molar-refractivity contribution in [3.63, 3.8) is 0 Å². The Morgan fingerprint density at radius 2 is 1.46 bits per heavy atom. The highest BCUT2D eigenvalue weighted by Crippen LogP contribution is 2.36. The largest absolute Gasteiger partial charge is 0.496 e. The molecule has 0 heterocycles. The van der Waals surface area contributed by atoms with E-state index in [1.807, 2.05) is 0 Å². The molecule has 0 N–H and O–H groups in total. The molecule has 132 valence electrons. The van der Waals surface area contributed by atoms with Crippen molar-refractivity contribution in [2.75, 3.05) is 19.3 Å². The number of carbonyl (C=O) groups excluding carboxylic acids is 3. The van der Waals surface area contributed by atoms with Gasteiger partial charge in [0.2, 0.25) is 0 Å². The SMILES string of the molecule is COc1cc(N(OC(C)=O)C(=O)C(F)(F)F)cc(OC)c1C(C)=O. The Bertz CT molecular complexity index is 646. The van der Waals surface area contributed by atoms with Crippen molar-refractivity contribution >= 4 is 23.3 Å². The summed E-state index contributed by atoms with van der Waals surface area (Å²) in [5.41, 5.74) is -0.530. The summed E-state index contributed by atoms with van der Waals surface area (Å²) in [6.07, 6.45) is -5.30. The first-order valence-corrected chi connectivity index (χ1v) is 6.39. The number of amides is 1. The van der Waals surface area contributed by atoms with Crippen molar-refractivity contribution in [1.29, 1.82) is 0 Å². The van der Waals surface area contributed by atoms with Crippen molar-refractivity contribution in [3.05, 3.63) is 17.7 Å². The number of alkyl halides is 3. The summed E-state index contributed by atoms with van der Waals surface area (Å²) < 4.78 is 48.0. The van der Waals surface area contributed by atoms with Crippen LogP contribution in [0.2, 0.25) is 0 Å². The van der Waals surface area contributed by atoms with Gasteiger partial charge in [0, 0.05) is 19.1 Å². The quantitative estimate of drug-likeness (QED) is 0.613. The van der Waals surface area contributed by atoms with Crippen molar-refractivity contribution in [3.8, 4) is 11.5 Å². The van der Waals surface area contributed by atoms with Crippen LogP contribution in [0.3, 0.4) is 0 Å². The second-order valence-corrected chi connectivity index (χ2v) is 4.46. The first-order valence-electron chi connectivity index (χ1n) is 6.39. The summed E-state index contributed by atoms with van der Waals surface area (Å²) in [7, 11) is 2.35. The molecular formula is C14H14F3NO6. The second-order valence-electron chi connectivity index (χ2n) is 4.46. The molecule has 1 rings (SSSR count). The van der Waals surface area contributed by atoms with Crippen molar-refractivity contribution in [2.45, 2.75) is 20.0 Å². The minimum Gasteiger partial charge on any atom is -0.496 e. The number of halogens is 3. The number of carbonyl (C=O) groups is 3. The van der Waals surface area contributed by atoms with E-state index in [1.165, 1.54) is 21.1 Å². The summed E-state index contributed by atoms with van der Waals surface area (Å²) in [5.74, 6) is -4.36. The van der Waals surface area contributed by atoms with Gasteiger partial charge in [0.1, 0.15) is 17.1 Å². The Labute approximate surface area is 134 Å². The lowest BCUT2D eigenvalue weighted by atomic mass is 10.1. The first kappa shape index (κ1) is 19.3. The van der Waals surface area contributed by atoms with Crippen LogP contribution in [-0.4, -0.2) is 38.1 Å². The Morgan fingerprint density at radius 3 is 1.75 bits per heavy atom. The van der Waals surface area contributed by atoms with E-state index in [0.29, 0.717) is 0 Å². The highest BCUT2D eigenvalue weighted by molar-refractivity contribution is 6.02. The smallest absolute Gasteiger partial charge is 0.474 e. The zero-order chi connectivity index (χ0) is 18.7. The molecule has 0 atom stereocenters. The molecule has 1 aromatic rings. The number of hydroxylamine groups is 1. The third-order valence-electron chi connectivity index (χ3n) is 2.72. The van der Waals surface area contributed by atoms with E-state index in [2.05, 4.69) is 4.84 Å². The molecule has 0 aliphatic rings. The maximum atomic E-state index is 12.7. The third-order valence-corrected chi connectivity index (χ3v) is 2.72. The van der Waals surface area contributed by atoms with E-state index in [0.717, 1.165) is 19.1 Å². The van der Waals surface area contributed by atoms with Gasteiger partial charge < -0.3 is 14.3 Å². The van der Waals surface area contributed by atoms with Gasteiger partial charge in [-0.3, -0.25) is 9.59 Å². The molecule has 1 amide bonds. The summed E-state index contributed by atoms with van der Waals surface area (Å²) in [6, 6.07) is 1.90. The second kappa shape index (κ2) is 7.20. The van der Waals surface area contributed by atoms with Gasteiger partial charge >= 0.3 is 18.1 Å². The van der Waals surface area contributed by atoms with Gasteiger partial charge in [-0.05, 0) is 6.92 Å². The van der Waals surface area contributed by atoms with Crippen LogP contribution in [0.4, 0.5) is 18.9 Å². The van der Waals surface area contributed by atoms with Crippen LogP contribution in [0, 0.1) is 0 Å². The molecule has 0 saturated carbocycles. The van der Waals surface area contributed by atoms with Crippen LogP contribution in [0.15, 0.2) is 12.1 Å². The van der Waals surface area contributed by atoms with Gasteiger partial charge in [0.15, 0.2) is 5.78 Å². The number of ether oxygens (including phenoxy) is 2. The summed E-state index contributed by atoms with van der Waals surface area (Å²) in [4.78, 5) is 38.5. The monoisotopic (exact) mass is 349 g/mol. The average molecular weight is 349 g/mol. The molecule has 0 aromatic heterocycles. The maximum Gasteiger partial charge on any atom is 0.474 e. The number of Topliss-reactive ketones (excluding diaryl/α,β-unsaturated/α-hetero) is 1. The Morgan fingerprint density at radius 1 is 1.00 bits per heavy atom. The van der Waals surface area contributed by atoms with Crippen molar-refractivity contribution in [2.24, 2.45) is 0 Å². The molecule has 0 fully saturated rings. The fourth-order valence-corrected chi connectivity index (χ4v) is 1.82. The third kappa shape index (κ3) is 4.15. The van der Waals surface area contributed by atoms with Gasteiger partial charge in [-0.1, -0.05) is 0 Å². The number of nitrogens with zero attached hydrogens (tertiary/aromatic N) is 1. The lowest BCUT2D eigenvalue weighted by molar-refractivity contribution is -0.180. The molecule has 0 unspecified atom stereocenters. The molecule has 0 radical (unpaired) electrons. The molecule has 0 saturated heterocycles. The number of hydrogen-bond acceptors (Lipinski definition) is 6. The minimum absolute atomic E-state index is 0.0361. The normalized spacial score (nSPS) is 10.8. The highest BCUT2D eigenvalue weighted by atomic mass is 19.4. The lowest BCUT2D eigenvalue weighted by Crippen LogP contribution is -2.42. The predicted octanol–water partition coefficient (Wildman–Crippen LogP) is 2.28. The van der Waals surface area contributed by atoms with E-state index < -0.39 is 29.5 Å². The molecule has 24 heavy (non-hydrogen) atoms. The fraction of sp³-hybridized carbons (Fsp3) is 0.357. The van der Waals surface area contributed by atoms with Crippen LogP contribution >= 0.6 is 0 Å². The van der Waals surface area contributed by atoms with E-state index in [-0.39, 0.29) is 22.1 Å². The molecule has 1 aromatic carbocycles. The summed E-state index contributed by atoms with van der Waals surface area (Å²) in [5, 5.41) is -0.239. The van der Waals surface area contributed by atoms with Gasteiger partial charge in [0.25, 0.3) is 0 Å². The molecular weight excluding hydrogens is 335 g/mol. The Kier molecular flexibility index (Phi) is 5.78. The molecule has 7 nitrogen and oxygen atoms in total. The molecule has 0 spiro atoms. The Hall–Kier alpha value is -2.78. The van der Waals surface area contributed by atoms with E-state index >= 15 is 0 Å². The van der Waals surface area contributed by atoms with E-state index in [1.54, 1.807) is 0 Å². The minimum atomic E-state index is -5.30. The number of ketones is 1. The summed E-state index contributed by atoms with van der Waals surface area (Å²) >= 11 is 0. The van der Waals surface area contributed by atoms with Crippen LogP contribution in [0.5, 0.6) is 11.5 Å². The van der Waals surface area contributed by atoms with Crippen molar-refractivity contribution < 1.29 is 41.9 Å². The lowest BCUT2D eigenvalue weighted by Gasteiger charge is -2.23. The Balaban J connectivity index is 3.56. The average Bonchev–Trinajstić information content (AvgIpc) is 2.49. The number of rotatable bonds is 4. The number of hydrogen-bond donors (Lipinski definition) is 0. The van der Waals surface area contributed by atoms with Crippen LogP contribution in [-0.2, 0) is 14.4 Å². The number of methoxy groups -OCH3 is 2. The highest BCUT2D eigenvalue weighted by Gasteiger charge is 2.45. The maximum absolute atomic E-state index is 12.7. The zero-order valence-electron chi connectivity index (χ0n) is 13.2. The van der Waals surface area contributed by atoms with E-state index in [9.17, 15) is 27.6 Å². The number of anilines is 1. The van der Waals surface area contributed by atoms with Crippen molar-refractivity contribution in [1.82, 2.24) is 0 Å². The van der Waals surface area contributed by atoms with Crippen LogP contribution in [0.25, 0.3) is 0 Å². The van der Waals surface area contributed by atoms with Crippen LogP contribution < -0.4 is 14.5 Å². The van der Waals surface area contributed by atoms with Crippen LogP contribution in [0.1, 0.15) is 24.2 Å². The zero-order valence-corrected chi connectivity index (χ0v) is 13.2. The number of benzene rings is 1.